The van der Waals surface area contributed by atoms with E-state index in [1.165, 1.54) is 30.3 Å². The third-order valence-corrected chi connectivity index (χ3v) is 3.27. The highest BCUT2D eigenvalue weighted by molar-refractivity contribution is 5.92. The van der Waals surface area contributed by atoms with Gasteiger partial charge < -0.3 is 10.1 Å². The zero-order valence-electron chi connectivity index (χ0n) is 11.1. The van der Waals surface area contributed by atoms with Gasteiger partial charge in [-0.15, -0.1) is 0 Å². The van der Waals surface area contributed by atoms with Crippen LogP contribution in [0.5, 0.6) is 0 Å². The van der Waals surface area contributed by atoms with Gasteiger partial charge in [0.05, 0.1) is 22.3 Å². The van der Waals surface area contributed by atoms with Gasteiger partial charge in [0, 0.05) is 0 Å². The maximum Gasteiger partial charge on any atom is 0.335 e. The molecule has 0 fully saturated rings. The monoisotopic (exact) mass is 286 g/mol. The Morgan fingerprint density at radius 3 is 2.71 bits per heavy atom. The molecule has 6 heteroatoms. The molecule has 3 aromatic rings. The van der Waals surface area contributed by atoms with Gasteiger partial charge in [0.1, 0.15) is 5.82 Å². The number of aromatic carboxylic acids is 1. The van der Waals surface area contributed by atoms with Crippen LogP contribution in [0, 0.1) is 12.7 Å². The fourth-order valence-electron chi connectivity index (χ4n) is 2.27. The number of H-pyrrole nitrogens is 1. The van der Waals surface area contributed by atoms with Crippen LogP contribution in [0.15, 0.2) is 41.2 Å². The van der Waals surface area contributed by atoms with Gasteiger partial charge in [-0.1, -0.05) is 6.07 Å². The quantitative estimate of drug-likeness (QED) is 0.760. The van der Waals surface area contributed by atoms with Gasteiger partial charge in [-0.2, -0.15) is 0 Å². The van der Waals surface area contributed by atoms with Crippen LogP contribution >= 0.6 is 0 Å². The molecule has 0 bridgehead atoms. The molecule has 3 rings (SSSR count). The van der Waals surface area contributed by atoms with Crippen LogP contribution in [0.4, 0.5) is 4.39 Å². The van der Waals surface area contributed by atoms with E-state index in [-0.39, 0.29) is 11.3 Å². The lowest BCUT2D eigenvalue weighted by Gasteiger charge is -2.06. The zero-order chi connectivity index (χ0) is 15.1. The number of fused-ring (bicyclic) bond motifs is 1. The second-order valence-corrected chi connectivity index (χ2v) is 4.76. The first-order valence-corrected chi connectivity index (χ1v) is 6.22. The van der Waals surface area contributed by atoms with Crippen LogP contribution in [0.2, 0.25) is 0 Å². The lowest BCUT2D eigenvalue weighted by molar-refractivity contribution is 0.0697. The Morgan fingerprint density at radius 2 is 2.00 bits per heavy atom. The number of benzene rings is 2. The van der Waals surface area contributed by atoms with Gasteiger partial charge in [-0.3, -0.25) is 4.57 Å². The molecule has 0 aliphatic carbocycles. The summed E-state index contributed by atoms with van der Waals surface area (Å²) < 4.78 is 15.2. The number of nitrogens with zero attached hydrogens (tertiary/aromatic N) is 1. The number of aromatic nitrogens is 2. The van der Waals surface area contributed by atoms with E-state index >= 15 is 0 Å². The van der Waals surface area contributed by atoms with Gasteiger partial charge >= 0.3 is 11.7 Å². The van der Waals surface area contributed by atoms with Crippen molar-refractivity contribution in [1.82, 2.24) is 9.55 Å². The largest absolute Gasteiger partial charge is 0.478 e. The number of hydrogen-bond donors (Lipinski definition) is 2. The van der Waals surface area contributed by atoms with Crippen molar-refractivity contribution in [3.8, 4) is 5.69 Å². The van der Waals surface area contributed by atoms with Crippen molar-refractivity contribution in [1.29, 1.82) is 0 Å². The van der Waals surface area contributed by atoms with E-state index in [0.717, 1.165) is 10.1 Å². The first kappa shape index (κ1) is 13.1. The standard InChI is InChI=1S/C15H11FN2O3/c1-8-2-4-10(16)12(6-8)18-13-7-9(14(19)20)3-5-11(13)17-15(18)21/h2-7H,1H3,(H,17,21)(H,19,20). The smallest absolute Gasteiger partial charge is 0.335 e. The SMILES string of the molecule is Cc1ccc(F)c(-n2c(=O)[nH]c3ccc(C(=O)O)cc32)c1. The van der Waals surface area contributed by atoms with Crippen LogP contribution in [0.25, 0.3) is 16.7 Å². The molecular formula is C15H11FN2O3. The Bertz CT molecular complexity index is 924. The number of rotatable bonds is 2. The second kappa shape index (κ2) is 4.59. The van der Waals surface area contributed by atoms with E-state index in [9.17, 15) is 14.0 Å². The summed E-state index contributed by atoms with van der Waals surface area (Å²) in [6.45, 7) is 1.78. The Kier molecular flexibility index (Phi) is 2.86. The highest BCUT2D eigenvalue weighted by Crippen LogP contribution is 2.20. The van der Waals surface area contributed by atoms with E-state index in [1.54, 1.807) is 13.0 Å². The lowest BCUT2D eigenvalue weighted by atomic mass is 10.2. The minimum atomic E-state index is -1.11. The van der Waals surface area contributed by atoms with E-state index < -0.39 is 17.5 Å². The summed E-state index contributed by atoms with van der Waals surface area (Å²) in [5.41, 5.74) is 1.17. The summed E-state index contributed by atoms with van der Waals surface area (Å²) in [7, 11) is 0. The van der Waals surface area contributed by atoms with Gasteiger partial charge in [-0.25, -0.2) is 14.0 Å². The van der Waals surface area contributed by atoms with Crippen LogP contribution in [-0.4, -0.2) is 20.6 Å². The minimum absolute atomic E-state index is 0.0308. The number of nitrogens with one attached hydrogen (secondary N) is 1. The normalized spacial score (nSPS) is 11.0. The number of carboxylic acids is 1. The molecule has 0 radical (unpaired) electrons. The van der Waals surface area contributed by atoms with E-state index in [1.807, 2.05) is 0 Å². The average molecular weight is 286 g/mol. The van der Waals surface area contributed by atoms with Crippen molar-refractivity contribution in [3.63, 3.8) is 0 Å². The van der Waals surface area contributed by atoms with Crippen LogP contribution in [0.1, 0.15) is 15.9 Å². The van der Waals surface area contributed by atoms with Crippen molar-refractivity contribution in [2.24, 2.45) is 0 Å². The number of imidazole rings is 1. The molecule has 0 amide bonds. The molecule has 1 aromatic heterocycles. The van der Waals surface area contributed by atoms with E-state index in [2.05, 4.69) is 4.98 Å². The average Bonchev–Trinajstić information content (AvgIpc) is 2.76. The highest BCUT2D eigenvalue weighted by atomic mass is 19.1. The van der Waals surface area contributed by atoms with E-state index in [4.69, 9.17) is 5.11 Å². The molecule has 0 saturated carbocycles. The number of halogens is 1. The number of carbonyl (C=O) groups is 1. The molecule has 0 aliphatic rings. The van der Waals surface area contributed by atoms with Crippen molar-refractivity contribution >= 4 is 17.0 Å². The zero-order valence-corrected chi connectivity index (χ0v) is 11.1. The Hall–Kier alpha value is -2.89. The van der Waals surface area contributed by atoms with Gasteiger partial charge in [-0.05, 0) is 42.8 Å². The predicted molar refractivity (Wildman–Crippen MR) is 75.6 cm³/mol. The van der Waals surface area contributed by atoms with Crippen molar-refractivity contribution in [2.45, 2.75) is 6.92 Å². The first-order valence-electron chi connectivity index (χ1n) is 6.22. The van der Waals surface area contributed by atoms with Gasteiger partial charge in [0.15, 0.2) is 0 Å². The molecule has 0 unspecified atom stereocenters. The molecule has 0 atom stereocenters. The highest BCUT2D eigenvalue weighted by Gasteiger charge is 2.14. The topological polar surface area (TPSA) is 75.1 Å². The lowest BCUT2D eigenvalue weighted by Crippen LogP contribution is -2.16. The van der Waals surface area contributed by atoms with Crippen molar-refractivity contribution in [2.75, 3.05) is 0 Å². The van der Waals surface area contributed by atoms with Crippen LogP contribution in [-0.2, 0) is 0 Å². The molecule has 106 valence electrons. The summed E-state index contributed by atoms with van der Waals surface area (Å²) in [6.07, 6.45) is 0. The molecule has 5 nitrogen and oxygen atoms in total. The maximum atomic E-state index is 14.0. The van der Waals surface area contributed by atoms with Gasteiger partial charge in [0.25, 0.3) is 0 Å². The summed E-state index contributed by atoms with van der Waals surface area (Å²) in [5, 5.41) is 9.04. The molecule has 0 aliphatic heterocycles. The molecule has 2 N–H and O–H groups in total. The first-order chi connectivity index (χ1) is 9.97. The molecular weight excluding hydrogens is 275 g/mol. The van der Waals surface area contributed by atoms with Crippen LogP contribution in [0.3, 0.4) is 0 Å². The summed E-state index contributed by atoms with van der Waals surface area (Å²) in [5.74, 6) is -1.66. The summed E-state index contributed by atoms with van der Waals surface area (Å²) in [4.78, 5) is 25.7. The molecule has 0 spiro atoms. The Morgan fingerprint density at radius 1 is 1.24 bits per heavy atom. The van der Waals surface area contributed by atoms with E-state index in [0.29, 0.717) is 11.0 Å². The van der Waals surface area contributed by atoms with Crippen molar-refractivity contribution in [3.05, 3.63) is 63.8 Å². The molecule has 2 aromatic carbocycles. The molecule has 0 saturated heterocycles. The number of aromatic amines is 1. The molecule has 1 heterocycles. The fourth-order valence-corrected chi connectivity index (χ4v) is 2.27. The van der Waals surface area contributed by atoms with Crippen LogP contribution < -0.4 is 5.69 Å². The molecule has 21 heavy (non-hydrogen) atoms. The third-order valence-electron chi connectivity index (χ3n) is 3.27. The maximum absolute atomic E-state index is 14.0. The predicted octanol–water partition coefficient (Wildman–Crippen LogP) is 2.46. The van der Waals surface area contributed by atoms with Gasteiger partial charge in [0.2, 0.25) is 0 Å². The summed E-state index contributed by atoms with van der Waals surface area (Å²) in [6, 6.07) is 8.63. The Balaban J connectivity index is 2.38. The fraction of sp³-hybridized carbons (Fsp3) is 0.0667. The minimum Gasteiger partial charge on any atom is -0.478 e. The number of aryl methyl sites for hydroxylation is 1. The summed E-state index contributed by atoms with van der Waals surface area (Å²) >= 11 is 0. The Labute approximate surface area is 118 Å². The number of hydrogen-bond acceptors (Lipinski definition) is 2. The van der Waals surface area contributed by atoms with Crippen molar-refractivity contribution < 1.29 is 14.3 Å². The number of carboxylic acid groups (broad SMARTS) is 1. The second-order valence-electron chi connectivity index (χ2n) is 4.76. The third kappa shape index (κ3) is 2.10.